The minimum absolute atomic E-state index is 0.566. The molecule has 0 aliphatic rings. The summed E-state index contributed by atoms with van der Waals surface area (Å²) in [5.41, 5.74) is 5.44. The quantitative estimate of drug-likeness (QED) is 0.843. The lowest BCUT2D eigenvalue weighted by Crippen LogP contribution is -2.30. The fourth-order valence-electron chi connectivity index (χ4n) is 0.918. The van der Waals surface area contributed by atoms with Crippen molar-refractivity contribution in [2.24, 2.45) is 5.73 Å². The van der Waals surface area contributed by atoms with Crippen LogP contribution in [0.4, 0.5) is 0 Å². The Morgan fingerprint density at radius 1 is 1.54 bits per heavy atom. The van der Waals surface area contributed by atoms with E-state index in [1.807, 2.05) is 6.07 Å². The van der Waals surface area contributed by atoms with E-state index in [0.717, 1.165) is 4.47 Å². The fraction of sp³-hybridized carbons (Fsp3) is 0.222. The van der Waals surface area contributed by atoms with Gasteiger partial charge in [0.05, 0.1) is 6.07 Å². The van der Waals surface area contributed by atoms with E-state index in [4.69, 9.17) is 22.6 Å². The van der Waals surface area contributed by atoms with Crippen molar-refractivity contribution in [3.63, 3.8) is 0 Å². The summed E-state index contributed by atoms with van der Waals surface area (Å²) in [6.07, 6.45) is 0. The maximum Gasteiger partial charge on any atom is 0.127 e. The van der Waals surface area contributed by atoms with Gasteiger partial charge in [-0.15, -0.1) is 0 Å². The van der Waals surface area contributed by atoms with Crippen LogP contribution in [0.5, 0.6) is 0 Å². The van der Waals surface area contributed by atoms with Crippen molar-refractivity contribution in [3.8, 4) is 6.07 Å². The predicted octanol–water partition coefficient (Wildman–Crippen LogP) is 2.80. The highest BCUT2D eigenvalue weighted by atomic mass is 79.9. The van der Waals surface area contributed by atoms with Crippen LogP contribution < -0.4 is 5.73 Å². The van der Waals surface area contributed by atoms with Crippen molar-refractivity contribution >= 4 is 27.5 Å². The van der Waals surface area contributed by atoms with E-state index in [9.17, 15) is 0 Å². The highest BCUT2D eigenvalue weighted by Gasteiger charge is 2.20. The van der Waals surface area contributed by atoms with E-state index >= 15 is 0 Å². The highest BCUT2D eigenvalue weighted by molar-refractivity contribution is 9.10. The molecule has 0 radical (unpaired) electrons. The number of hydrogen-bond donors (Lipinski definition) is 1. The third kappa shape index (κ3) is 2.44. The maximum absolute atomic E-state index is 8.80. The van der Waals surface area contributed by atoms with Gasteiger partial charge in [-0.2, -0.15) is 5.26 Å². The second kappa shape index (κ2) is 3.67. The summed E-state index contributed by atoms with van der Waals surface area (Å²) < 4.78 is 0.821. The van der Waals surface area contributed by atoms with E-state index < -0.39 is 5.54 Å². The van der Waals surface area contributed by atoms with Crippen LogP contribution in [-0.2, 0) is 5.54 Å². The monoisotopic (exact) mass is 258 g/mol. The maximum atomic E-state index is 8.80. The molecule has 0 spiro atoms. The topological polar surface area (TPSA) is 49.8 Å². The Bertz CT molecular complexity index is 348. The molecule has 0 heterocycles. The molecule has 4 heteroatoms. The summed E-state index contributed by atoms with van der Waals surface area (Å²) in [6.45, 7) is 1.64. The zero-order chi connectivity index (χ0) is 10.1. The second-order valence-corrected chi connectivity index (χ2v) is 4.32. The van der Waals surface area contributed by atoms with Crippen LogP contribution in [0.3, 0.4) is 0 Å². The Hall–Kier alpha value is -0.560. The molecule has 0 aromatic heterocycles. The van der Waals surface area contributed by atoms with Gasteiger partial charge in [-0.25, -0.2) is 0 Å². The van der Waals surface area contributed by atoms with Crippen LogP contribution >= 0.6 is 27.5 Å². The van der Waals surface area contributed by atoms with Crippen molar-refractivity contribution in [1.82, 2.24) is 0 Å². The lowest BCUT2D eigenvalue weighted by atomic mass is 9.95. The van der Waals surface area contributed by atoms with Crippen molar-refractivity contribution in [2.45, 2.75) is 12.5 Å². The van der Waals surface area contributed by atoms with Gasteiger partial charge in [0, 0.05) is 9.50 Å². The molecule has 0 saturated carbocycles. The van der Waals surface area contributed by atoms with E-state index in [-0.39, 0.29) is 0 Å². The van der Waals surface area contributed by atoms with Crippen LogP contribution in [0.25, 0.3) is 0 Å². The molecule has 68 valence electrons. The number of rotatable bonds is 1. The van der Waals surface area contributed by atoms with Gasteiger partial charge >= 0.3 is 0 Å². The number of hydrogen-bond acceptors (Lipinski definition) is 2. The molecule has 0 unspecified atom stereocenters. The molecular weight excluding hydrogens is 251 g/mol. The minimum Gasteiger partial charge on any atom is -0.310 e. The van der Waals surface area contributed by atoms with Gasteiger partial charge < -0.3 is 5.73 Å². The minimum atomic E-state index is -0.993. The number of nitrogens with zero attached hydrogens (tertiary/aromatic N) is 1. The molecule has 0 bridgehead atoms. The van der Waals surface area contributed by atoms with Crippen molar-refractivity contribution < 1.29 is 0 Å². The summed E-state index contributed by atoms with van der Waals surface area (Å²) in [7, 11) is 0. The number of nitrogens with two attached hydrogens (primary N) is 1. The summed E-state index contributed by atoms with van der Waals surface area (Å²) in [4.78, 5) is 0. The zero-order valence-corrected chi connectivity index (χ0v) is 9.35. The number of halogens is 2. The molecule has 13 heavy (non-hydrogen) atoms. The van der Waals surface area contributed by atoms with Crippen molar-refractivity contribution in [2.75, 3.05) is 0 Å². The van der Waals surface area contributed by atoms with Gasteiger partial charge in [0.1, 0.15) is 5.54 Å². The third-order valence-corrected chi connectivity index (χ3v) is 2.37. The molecule has 1 aromatic carbocycles. The molecule has 2 nitrogen and oxygen atoms in total. The Labute approximate surface area is 90.4 Å². The van der Waals surface area contributed by atoms with E-state index in [2.05, 4.69) is 15.9 Å². The Morgan fingerprint density at radius 3 is 2.62 bits per heavy atom. The zero-order valence-electron chi connectivity index (χ0n) is 7.01. The summed E-state index contributed by atoms with van der Waals surface area (Å²) in [5.74, 6) is 0. The van der Waals surface area contributed by atoms with Crippen LogP contribution in [0.2, 0.25) is 5.02 Å². The van der Waals surface area contributed by atoms with E-state index in [0.29, 0.717) is 10.6 Å². The molecule has 2 N–H and O–H groups in total. The van der Waals surface area contributed by atoms with Crippen LogP contribution in [0.15, 0.2) is 22.7 Å². The summed E-state index contributed by atoms with van der Waals surface area (Å²) in [5, 5.41) is 9.36. The van der Waals surface area contributed by atoms with Crippen LogP contribution in [0.1, 0.15) is 12.5 Å². The van der Waals surface area contributed by atoms with Gasteiger partial charge in [-0.1, -0.05) is 27.5 Å². The number of benzene rings is 1. The average molecular weight is 260 g/mol. The van der Waals surface area contributed by atoms with Gasteiger partial charge in [-0.3, -0.25) is 0 Å². The first kappa shape index (κ1) is 10.5. The standard InChI is InChI=1S/C9H8BrClN2/c1-9(13,5-12)6-2-7(10)4-8(11)3-6/h2-4H,13H2,1H3/t9-/m0/s1. The van der Waals surface area contributed by atoms with Crippen LogP contribution in [0, 0.1) is 11.3 Å². The van der Waals surface area contributed by atoms with Gasteiger partial charge in [0.25, 0.3) is 0 Å². The summed E-state index contributed by atoms with van der Waals surface area (Å²) >= 11 is 9.10. The van der Waals surface area contributed by atoms with Gasteiger partial charge in [0.2, 0.25) is 0 Å². The number of nitriles is 1. The van der Waals surface area contributed by atoms with Crippen molar-refractivity contribution in [3.05, 3.63) is 33.3 Å². The highest BCUT2D eigenvalue weighted by Crippen LogP contribution is 2.25. The molecule has 0 fully saturated rings. The Morgan fingerprint density at radius 2 is 2.15 bits per heavy atom. The van der Waals surface area contributed by atoms with Gasteiger partial charge in [0.15, 0.2) is 0 Å². The molecule has 1 aromatic rings. The molecule has 1 atom stereocenters. The molecule has 0 aliphatic heterocycles. The molecule has 1 rings (SSSR count). The molecule has 0 amide bonds. The van der Waals surface area contributed by atoms with Crippen molar-refractivity contribution in [1.29, 1.82) is 5.26 Å². The predicted molar refractivity (Wildman–Crippen MR) is 56.3 cm³/mol. The first-order valence-electron chi connectivity index (χ1n) is 3.62. The third-order valence-electron chi connectivity index (χ3n) is 1.69. The largest absolute Gasteiger partial charge is 0.310 e. The fourth-order valence-corrected chi connectivity index (χ4v) is 1.78. The molecule has 0 aliphatic carbocycles. The lowest BCUT2D eigenvalue weighted by molar-refractivity contribution is 0.646. The summed E-state index contributed by atoms with van der Waals surface area (Å²) in [6, 6.07) is 7.24. The molecular formula is C9H8BrClN2. The Balaban J connectivity index is 3.25. The molecule has 0 saturated heterocycles. The van der Waals surface area contributed by atoms with E-state index in [1.165, 1.54) is 0 Å². The SMILES string of the molecule is C[C@](N)(C#N)c1cc(Cl)cc(Br)c1. The average Bonchev–Trinajstić information content (AvgIpc) is 2.02. The second-order valence-electron chi connectivity index (χ2n) is 2.97. The smallest absolute Gasteiger partial charge is 0.127 e. The Kier molecular flexibility index (Phi) is 2.97. The van der Waals surface area contributed by atoms with E-state index in [1.54, 1.807) is 25.1 Å². The normalized spacial score (nSPS) is 14.7. The van der Waals surface area contributed by atoms with Crippen LogP contribution in [-0.4, -0.2) is 0 Å². The first-order valence-corrected chi connectivity index (χ1v) is 4.79. The lowest BCUT2D eigenvalue weighted by Gasteiger charge is -2.16. The van der Waals surface area contributed by atoms with Gasteiger partial charge in [-0.05, 0) is 30.7 Å². The first-order chi connectivity index (χ1) is 5.95.